The highest BCUT2D eigenvalue weighted by atomic mass is 16.4. The van der Waals surface area contributed by atoms with E-state index in [2.05, 4.69) is 4.98 Å². The molecule has 6 heteroatoms. The van der Waals surface area contributed by atoms with E-state index in [1.54, 1.807) is 6.07 Å². The first-order valence-electron chi connectivity index (χ1n) is 6.71. The molecule has 6 nitrogen and oxygen atoms in total. The van der Waals surface area contributed by atoms with Gasteiger partial charge in [0.2, 0.25) is 0 Å². The molecule has 0 bridgehead atoms. The number of hydrogen-bond acceptors (Lipinski definition) is 3. The van der Waals surface area contributed by atoms with Crippen LogP contribution < -0.4 is 5.56 Å². The standard InChI is InChI=1S/C14H18N2O4/c1-16(7-6-12(17)18)14(20)10-8-9-4-2-3-5-11(9)15-13(10)19/h8H,2-7H2,1H3,(H,15,19)(H,17,18). The van der Waals surface area contributed by atoms with Crippen LogP contribution in [0.3, 0.4) is 0 Å². The molecule has 20 heavy (non-hydrogen) atoms. The van der Waals surface area contributed by atoms with Crippen molar-refractivity contribution in [3.8, 4) is 0 Å². The third kappa shape index (κ3) is 3.07. The zero-order chi connectivity index (χ0) is 14.7. The molecule has 1 heterocycles. The maximum Gasteiger partial charge on any atom is 0.305 e. The number of pyridine rings is 1. The lowest BCUT2D eigenvalue weighted by atomic mass is 9.95. The molecule has 0 aliphatic heterocycles. The Hall–Kier alpha value is -2.11. The smallest absolute Gasteiger partial charge is 0.305 e. The van der Waals surface area contributed by atoms with Crippen molar-refractivity contribution < 1.29 is 14.7 Å². The first kappa shape index (κ1) is 14.3. The molecule has 0 atom stereocenters. The van der Waals surface area contributed by atoms with Crippen LogP contribution in [0, 0.1) is 0 Å². The quantitative estimate of drug-likeness (QED) is 0.852. The minimum Gasteiger partial charge on any atom is -0.481 e. The molecule has 0 fully saturated rings. The second kappa shape index (κ2) is 5.90. The summed E-state index contributed by atoms with van der Waals surface area (Å²) >= 11 is 0. The molecule has 0 aromatic carbocycles. The molecule has 1 aliphatic carbocycles. The Morgan fingerprint density at radius 1 is 1.35 bits per heavy atom. The van der Waals surface area contributed by atoms with Gasteiger partial charge in [0.05, 0.1) is 6.42 Å². The average Bonchev–Trinajstić information content (AvgIpc) is 2.43. The summed E-state index contributed by atoms with van der Waals surface area (Å²) in [6, 6.07) is 1.66. The molecular weight excluding hydrogens is 260 g/mol. The second-order valence-electron chi connectivity index (χ2n) is 5.09. The summed E-state index contributed by atoms with van der Waals surface area (Å²) in [7, 11) is 1.50. The zero-order valence-corrected chi connectivity index (χ0v) is 11.4. The fourth-order valence-electron chi connectivity index (χ4n) is 2.40. The molecule has 2 N–H and O–H groups in total. The Bertz CT molecular complexity index is 591. The van der Waals surface area contributed by atoms with Crippen molar-refractivity contribution in [1.82, 2.24) is 9.88 Å². The monoisotopic (exact) mass is 278 g/mol. The van der Waals surface area contributed by atoms with Crippen LogP contribution >= 0.6 is 0 Å². The Morgan fingerprint density at radius 2 is 2.05 bits per heavy atom. The summed E-state index contributed by atoms with van der Waals surface area (Å²) < 4.78 is 0. The van der Waals surface area contributed by atoms with Gasteiger partial charge in [-0.25, -0.2) is 0 Å². The van der Waals surface area contributed by atoms with Gasteiger partial charge in [0, 0.05) is 19.3 Å². The number of aliphatic carboxylic acids is 1. The molecule has 0 saturated carbocycles. The minimum absolute atomic E-state index is 0.0880. The minimum atomic E-state index is -0.969. The highest BCUT2D eigenvalue weighted by molar-refractivity contribution is 5.94. The van der Waals surface area contributed by atoms with E-state index in [4.69, 9.17) is 5.11 Å². The third-order valence-corrected chi connectivity index (χ3v) is 3.58. The fraction of sp³-hybridized carbons (Fsp3) is 0.500. The number of amides is 1. The third-order valence-electron chi connectivity index (χ3n) is 3.58. The van der Waals surface area contributed by atoms with Crippen LogP contribution in [0.2, 0.25) is 0 Å². The maximum atomic E-state index is 12.2. The lowest BCUT2D eigenvalue weighted by Crippen LogP contribution is -2.34. The Balaban J connectivity index is 2.21. The predicted octanol–water partition coefficient (Wildman–Crippen LogP) is 0.800. The normalized spacial score (nSPS) is 13.7. The molecule has 2 rings (SSSR count). The predicted molar refractivity (Wildman–Crippen MR) is 72.9 cm³/mol. The van der Waals surface area contributed by atoms with Gasteiger partial charge in [-0.1, -0.05) is 0 Å². The summed E-state index contributed by atoms with van der Waals surface area (Å²) in [4.78, 5) is 38.7. The van der Waals surface area contributed by atoms with Crippen LogP contribution in [0.1, 0.15) is 40.9 Å². The molecule has 1 amide bonds. The summed E-state index contributed by atoms with van der Waals surface area (Å²) in [5, 5.41) is 8.62. The number of aryl methyl sites for hydroxylation is 2. The van der Waals surface area contributed by atoms with E-state index >= 15 is 0 Å². The molecular formula is C14H18N2O4. The lowest BCUT2D eigenvalue weighted by Gasteiger charge is -2.19. The van der Waals surface area contributed by atoms with Crippen molar-refractivity contribution in [2.45, 2.75) is 32.1 Å². The summed E-state index contributed by atoms with van der Waals surface area (Å²) in [5.74, 6) is -1.40. The first-order chi connectivity index (χ1) is 9.49. The van der Waals surface area contributed by atoms with Crippen LogP contribution in [-0.4, -0.2) is 40.5 Å². The van der Waals surface area contributed by atoms with Crippen LogP contribution in [-0.2, 0) is 17.6 Å². The van der Waals surface area contributed by atoms with Crippen LogP contribution in [0.15, 0.2) is 10.9 Å². The number of aromatic amines is 1. The average molecular weight is 278 g/mol. The van der Waals surface area contributed by atoms with Gasteiger partial charge in [-0.05, 0) is 37.3 Å². The first-order valence-corrected chi connectivity index (χ1v) is 6.71. The number of nitrogens with zero attached hydrogens (tertiary/aromatic N) is 1. The number of carbonyl (C=O) groups is 2. The van der Waals surface area contributed by atoms with Gasteiger partial charge >= 0.3 is 5.97 Å². The Kier molecular flexibility index (Phi) is 4.22. The fourth-order valence-corrected chi connectivity index (χ4v) is 2.40. The van der Waals surface area contributed by atoms with Gasteiger partial charge in [0.1, 0.15) is 5.56 Å². The zero-order valence-electron chi connectivity index (χ0n) is 11.4. The molecule has 0 radical (unpaired) electrons. The number of carboxylic acid groups (broad SMARTS) is 1. The highest BCUT2D eigenvalue weighted by Crippen LogP contribution is 2.18. The van der Waals surface area contributed by atoms with E-state index < -0.39 is 17.4 Å². The number of fused-ring (bicyclic) bond motifs is 1. The van der Waals surface area contributed by atoms with Crippen molar-refractivity contribution in [3.05, 3.63) is 33.2 Å². The van der Waals surface area contributed by atoms with E-state index in [0.717, 1.165) is 36.9 Å². The van der Waals surface area contributed by atoms with Gasteiger partial charge in [-0.15, -0.1) is 0 Å². The molecule has 0 spiro atoms. The van der Waals surface area contributed by atoms with Crippen molar-refractivity contribution in [3.63, 3.8) is 0 Å². The number of rotatable bonds is 4. The van der Waals surface area contributed by atoms with E-state index in [-0.39, 0.29) is 18.5 Å². The van der Waals surface area contributed by atoms with Gasteiger partial charge in [0.15, 0.2) is 0 Å². The largest absolute Gasteiger partial charge is 0.481 e. The Labute approximate surface area is 116 Å². The maximum absolute atomic E-state index is 12.2. The SMILES string of the molecule is CN(CCC(=O)O)C(=O)c1cc2c([nH]c1=O)CCCC2. The summed E-state index contributed by atoms with van der Waals surface area (Å²) in [5.41, 5.74) is 1.65. The molecule has 1 aromatic heterocycles. The van der Waals surface area contributed by atoms with E-state index in [0.29, 0.717) is 0 Å². The van der Waals surface area contributed by atoms with Gasteiger partial charge in [0.25, 0.3) is 11.5 Å². The molecule has 0 saturated heterocycles. The van der Waals surface area contributed by atoms with Crippen molar-refractivity contribution in [2.75, 3.05) is 13.6 Å². The van der Waals surface area contributed by atoms with E-state index in [1.807, 2.05) is 0 Å². The second-order valence-corrected chi connectivity index (χ2v) is 5.09. The number of nitrogens with one attached hydrogen (secondary N) is 1. The van der Waals surface area contributed by atoms with Crippen molar-refractivity contribution in [2.24, 2.45) is 0 Å². The van der Waals surface area contributed by atoms with Crippen LogP contribution in [0.5, 0.6) is 0 Å². The lowest BCUT2D eigenvalue weighted by molar-refractivity contribution is -0.137. The molecule has 0 unspecified atom stereocenters. The number of aromatic nitrogens is 1. The van der Waals surface area contributed by atoms with Gasteiger partial charge in [-0.3, -0.25) is 14.4 Å². The van der Waals surface area contributed by atoms with Crippen LogP contribution in [0.4, 0.5) is 0 Å². The van der Waals surface area contributed by atoms with Gasteiger partial charge in [-0.2, -0.15) is 0 Å². The van der Waals surface area contributed by atoms with Crippen LogP contribution in [0.25, 0.3) is 0 Å². The molecule has 108 valence electrons. The number of carbonyl (C=O) groups excluding carboxylic acids is 1. The Morgan fingerprint density at radius 3 is 2.75 bits per heavy atom. The van der Waals surface area contributed by atoms with Crippen molar-refractivity contribution in [1.29, 1.82) is 0 Å². The number of H-pyrrole nitrogens is 1. The summed E-state index contributed by atoms with van der Waals surface area (Å²) in [6.45, 7) is 0.0880. The highest BCUT2D eigenvalue weighted by Gasteiger charge is 2.19. The van der Waals surface area contributed by atoms with E-state index in [1.165, 1.54) is 11.9 Å². The topological polar surface area (TPSA) is 90.5 Å². The van der Waals surface area contributed by atoms with E-state index in [9.17, 15) is 14.4 Å². The molecule has 1 aliphatic rings. The molecule has 1 aromatic rings. The number of hydrogen-bond donors (Lipinski definition) is 2. The van der Waals surface area contributed by atoms with Crippen molar-refractivity contribution >= 4 is 11.9 Å². The van der Waals surface area contributed by atoms with Gasteiger partial charge < -0.3 is 15.0 Å². The number of carboxylic acids is 1. The summed E-state index contributed by atoms with van der Waals surface area (Å²) in [6.07, 6.45) is 3.68.